The monoisotopic (exact) mass is 379 g/mol. The standard InChI is InChI=1S/C18H25NO6Si/c1-6-13-9-8-10-14-15(13)17(21)19(16(14)20)26(7-2)12-25-18(23-4,24-5)11-22-3/h6,8-10,26H,1,7,11-12H2,2-5H3. The van der Waals surface area contributed by atoms with Crippen molar-refractivity contribution >= 4 is 26.8 Å². The van der Waals surface area contributed by atoms with E-state index in [9.17, 15) is 9.59 Å². The van der Waals surface area contributed by atoms with E-state index < -0.39 is 14.9 Å². The van der Waals surface area contributed by atoms with E-state index in [-0.39, 0.29) is 24.7 Å². The number of hydrogen-bond acceptors (Lipinski definition) is 6. The molecule has 1 aliphatic rings. The third kappa shape index (κ3) is 3.65. The highest BCUT2D eigenvalue weighted by Gasteiger charge is 2.42. The molecule has 1 aromatic carbocycles. The molecule has 8 heteroatoms. The number of amides is 2. The molecule has 0 fully saturated rings. The number of ether oxygens (including phenoxy) is 4. The van der Waals surface area contributed by atoms with Crippen LogP contribution in [0.5, 0.6) is 0 Å². The molecule has 0 aliphatic carbocycles. The van der Waals surface area contributed by atoms with Gasteiger partial charge in [0.25, 0.3) is 11.8 Å². The summed E-state index contributed by atoms with van der Waals surface area (Å²) in [5, 5.41) is 0. The Bertz CT molecular complexity index is 688. The van der Waals surface area contributed by atoms with Gasteiger partial charge in [0.1, 0.15) is 6.61 Å². The number of carbonyl (C=O) groups excluding carboxylic acids is 2. The highest BCUT2D eigenvalue weighted by Crippen LogP contribution is 2.28. The number of rotatable bonds is 10. The molecule has 0 aromatic heterocycles. The molecule has 0 bridgehead atoms. The molecule has 0 spiro atoms. The first-order valence-electron chi connectivity index (χ1n) is 8.35. The van der Waals surface area contributed by atoms with Crippen LogP contribution in [0.2, 0.25) is 6.04 Å². The number of hydrogen-bond donors (Lipinski definition) is 0. The van der Waals surface area contributed by atoms with E-state index in [1.165, 1.54) is 25.9 Å². The molecule has 0 saturated carbocycles. The van der Waals surface area contributed by atoms with Crippen LogP contribution < -0.4 is 0 Å². The summed E-state index contributed by atoms with van der Waals surface area (Å²) < 4.78 is 22.8. The molecule has 26 heavy (non-hydrogen) atoms. The molecular formula is C18H25NO6Si. The van der Waals surface area contributed by atoms with Crippen molar-refractivity contribution in [1.29, 1.82) is 0 Å². The van der Waals surface area contributed by atoms with Crippen LogP contribution in [0.1, 0.15) is 33.2 Å². The molecule has 1 heterocycles. The van der Waals surface area contributed by atoms with Gasteiger partial charge in [-0.05, 0) is 17.7 Å². The van der Waals surface area contributed by atoms with Gasteiger partial charge in [-0.1, -0.05) is 31.7 Å². The summed E-state index contributed by atoms with van der Waals surface area (Å²) in [6.07, 6.45) is 1.78. The van der Waals surface area contributed by atoms with E-state index in [0.29, 0.717) is 22.7 Å². The Morgan fingerprint density at radius 2 is 1.88 bits per heavy atom. The van der Waals surface area contributed by atoms with Gasteiger partial charge in [0.15, 0.2) is 8.96 Å². The first kappa shape index (κ1) is 20.5. The zero-order valence-electron chi connectivity index (χ0n) is 15.6. The van der Waals surface area contributed by atoms with E-state index in [1.54, 1.807) is 24.3 Å². The maximum atomic E-state index is 12.9. The predicted molar refractivity (Wildman–Crippen MR) is 99.2 cm³/mol. The molecule has 2 rings (SSSR count). The molecule has 1 atom stereocenters. The first-order chi connectivity index (χ1) is 12.5. The fraction of sp³-hybridized carbons (Fsp3) is 0.444. The zero-order chi connectivity index (χ0) is 19.3. The highest BCUT2D eigenvalue weighted by atomic mass is 28.3. The van der Waals surface area contributed by atoms with Gasteiger partial charge >= 0.3 is 5.97 Å². The Morgan fingerprint density at radius 1 is 1.19 bits per heavy atom. The van der Waals surface area contributed by atoms with Crippen LogP contribution in [-0.2, 0) is 18.9 Å². The van der Waals surface area contributed by atoms with Crippen molar-refractivity contribution < 1.29 is 28.5 Å². The minimum Gasteiger partial charge on any atom is -0.376 e. The van der Waals surface area contributed by atoms with Crippen LogP contribution in [0, 0.1) is 0 Å². The number of methoxy groups -OCH3 is 3. The van der Waals surface area contributed by atoms with E-state index in [1.807, 2.05) is 6.92 Å². The van der Waals surface area contributed by atoms with Crippen molar-refractivity contribution in [3.8, 4) is 0 Å². The average Bonchev–Trinajstić information content (AvgIpc) is 2.93. The molecule has 2 amide bonds. The summed E-state index contributed by atoms with van der Waals surface area (Å²) in [4.78, 5) is 25.8. The predicted octanol–water partition coefficient (Wildman–Crippen LogP) is 1.82. The van der Waals surface area contributed by atoms with Crippen LogP contribution in [0.15, 0.2) is 24.8 Å². The molecule has 142 valence electrons. The largest absolute Gasteiger partial charge is 0.376 e. The lowest BCUT2D eigenvalue weighted by molar-refractivity contribution is -0.370. The molecule has 7 nitrogen and oxygen atoms in total. The van der Waals surface area contributed by atoms with Gasteiger partial charge in [0.2, 0.25) is 0 Å². The van der Waals surface area contributed by atoms with Crippen molar-refractivity contribution in [3.63, 3.8) is 0 Å². The third-order valence-corrected chi connectivity index (χ3v) is 7.17. The molecular weight excluding hydrogens is 354 g/mol. The van der Waals surface area contributed by atoms with Gasteiger partial charge in [-0.2, -0.15) is 0 Å². The lowest BCUT2D eigenvalue weighted by Gasteiger charge is -2.32. The molecule has 0 N–H and O–H groups in total. The summed E-state index contributed by atoms with van der Waals surface area (Å²) >= 11 is 0. The number of benzene rings is 1. The van der Waals surface area contributed by atoms with Gasteiger partial charge in [-0.3, -0.25) is 9.59 Å². The Hall–Kier alpha value is -1.84. The van der Waals surface area contributed by atoms with Crippen LogP contribution in [0.4, 0.5) is 0 Å². The quantitative estimate of drug-likeness (QED) is 0.351. The van der Waals surface area contributed by atoms with Gasteiger partial charge in [0, 0.05) is 21.3 Å². The van der Waals surface area contributed by atoms with Gasteiger partial charge in [-0.25, -0.2) is 0 Å². The highest BCUT2D eigenvalue weighted by molar-refractivity contribution is 6.64. The number of nitrogens with zero attached hydrogens (tertiary/aromatic N) is 1. The van der Waals surface area contributed by atoms with Gasteiger partial charge in [0.05, 0.1) is 17.4 Å². The van der Waals surface area contributed by atoms with Crippen molar-refractivity contribution in [1.82, 2.24) is 4.57 Å². The SMILES string of the molecule is C=Cc1cccc2c1C(=O)N([SiH](CC)COC(COC)(OC)OC)C2=O. The lowest BCUT2D eigenvalue weighted by atomic mass is 10.0. The molecule has 1 aliphatic heterocycles. The Kier molecular flexibility index (Phi) is 6.85. The third-order valence-electron chi connectivity index (χ3n) is 4.47. The zero-order valence-corrected chi connectivity index (χ0v) is 16.8. The second-order valence-electron chi connectivity index (χ2n) is 5.85. The van der Waals surface area contributed by atoms with E-state index in [0.717, 1.165) is 0 Å². The minimum absolute atomic E-state index is 0.0631. The fourth-order valence-electron chi connectivity index (χ4n) is 2.97. The van der Waals surface area contributed by atoms with Crippen LogP contribution >= 0.6 is 0 Å². The maximum absolute atomic E-state index is 12.9. The first-order valence-corrected chi connectivity index (χ1v) is 10.5. The number of carbonyl (C=O) groups is 2. The normalized spacial score (nSPS) is 15.3. The lowest BCUT2D eigenvalue weighted by Crippen LogP contribution is -2.50. The Balaban J connectivity index is 2.25. The van der Waals surface area contributed by atoms with Crippen molar-refractivity contribution in [2.45, 2.75) is 18.9 Å². The second-order valence-corrected chi connectivity index (χ2v) is 8.83. The fourth-order valence-corrected chi connectivity index (χ4v) is 5.09. The Morgan fingerprint density at radius 3 is 2.42 bits per heavy atom. The number of fused-ring (bicyclic) bond motifs is 1. The molecule has 1 unspecified atom stereocenters. The molecule has 0 saturated heterocycles. The average molecular weight is 379 g/mol. The van der Waals surface area contributed by atoms with E-state index >= 15 is 0 Å². The molecule has 1 aromatic rings. The van der Waals surface area contributed by atoms with Gasteiger partial charge < -0.3 is 23.5 Å². The van der Waals surface area contributed by atoms with Crippen molar-refractivity contribution in [3.05, 3.63) is 41.5 Å². The molecule has 0 radical (unpaired) electrons. The number of imide groups is 1. The van der Waals surface area contributed by atoms with Crippen LogP contribution in [0.3, 0.4) is 0 Å². The van der Waals surface area contributed by atoms with Crippen LogP contribution in [-0.4, -0.2) is 65.5 Å². The maximum Gasteiger partial charge on any atom is 0.307 e. The minimum atomic E-state index is -2.09. The summed E-state index contributed by atoms with van der Waals surface area (Å²) in [7, 11) is 2.31. The van der Waals surface area contributed by atoms with E-state index in [4.69, 9.17) is 18.9 Å². The van der Waals surface area contributed by atoms with Crippen molar-refractivity contribution in [2.24, 2.45) is 0 Å². The summed E-state index contributed by atoms with van der Waals surface area (Å²) in [6, 6.07) is 5.86. The summed E-state index contributed by atoms with van der Waals surface area (Å²) in [6.45, 7) is 5.73. The van der Waals surface area contributed by atoms with Crippen molar-refractivity contribution in [2.75, 3.05) is 34.2 Å². The summed E-state index contributed by atoms with van der Waals surface area (Å²) in [5.41, 5.74) is 1.50. The smallest absolute Gasteiger partial charge is 0.307 e. The van der Waals surface area contributed by atoms with Crippen LogP contribution in [0.25, 0.3) is 6.08 Å². The van der Waals surface area contributed by atoms with E-state index in [2.05, 4.69) is 6.58 Å². The Labute approximate surface area is 155 Å². The summed E-state index contributed by atoms with van der Waals surface area (Å²) in [5.74, 6) is -1.92. The second kappa shape index (κ2) is 8.70. The topological polar surface area (TPSA) is 74.3 Å². The van der Waals surface area contributed by atoms with Gasteiger partial charge in [-0.15, -0.1) is 0 Å².